The molecule has 0 bridgehead atoms. The highest BCUT2D eigenvalue weighted by Crippen LogP contribution is 2.21. The average molecular weight is 371 g/mol. The molecule has 0 saturated carbocycles. The van der Waals surface area contributed by atoms with E-state index in [0.717, 1.165) is 11.3 Å². The van der Waals surface area contributed by atoms with Gasteiger partial charge in [-0.3, -0.25) is 4.79 Å². The van der Waals surface area contributed by atoms with Gasteiger partial charge in [-0.2, -0.15) is 5.10 Å². The lowest BCUT2D eigenvalue weighted by Gasteiger charge is -2.07. The SMILES string of the molecule is C#CCOc1ccc(Cl)cc1/C=N\NC(=O)Cc1ccc(OCC)cc1. The number of halogens is 1. The summed E-state index contributed by atoms with van der Waals surface area (Å²) in [6.07, 6.45) is 6.87. The van der Waals surface area contributed by atoms with E-state index >= 15 is 0 Å². The van der Waals surface area contributed by atoms with Crippen molar-refractivity contribution < 1.29 is 14.3 Å². The molecule has 1 amide bonds. The second kappa shape index (κ2) is 10.1. The summed E-state index contributed by atoms with van der Waals surface area (Å²) in [6, 6.07) is 12.4. The summed E-state index contributed by atoms with van der Waals surface area (Å²) in [6.45, 7) is 2.65. The summed E-state index contributed by atoms with van der Waals surface area (Å²) in [5.74, 6) is 3.47. The lowest BCUT2D eigenvalue weighted by molar-refractivity contribution is -0.120. The molecule has 0 heterocycles. The van der Waals surface area contributed by atoms with Crippen molar-refractivity contribution in [1.29, 1.82) is 0 Å². The van der Waals surface area contributed by atoms with Gasteiger partial charge in [-0.05, 0) is 42.8 Å². The van der Waals surface area contributed by atoms with E-state index in [1.54, 1.807) is 18.2 Å². The Hall–Kier alpha value is -2.97. The van der Waals surface area contributed by atoms with Crippen LogP contribution in [0.3, 0.4) is 0 Å². The summed E-state index contributed by atoms with van der Waals surface area (Å²) in [7, 11) is 0. The van der Waals surface area contributed by atoms with Crippen LogP contribution in [0.15, 0.2) is 47.6 Å². The lowest BCUT2D eigenvalue weighted by Crippen LogP contribution is -2.19. The van der Waals surface area contributed by atoms with Gasteiger partial charge in [0, 0.05) is 10.6 Å². The van der Waals surface area contributed by atoms with Gasteiger partial charge in [0.15, 0.2) is 0 Å². The van der Waals surface area contributed by atoms with Gasteiger partial charge in [0.05, 0.1) is 19.2 Å². The molecule has 134 valence electrons. The molecule has 0 radical (unpaired) electrons. The molecule has 0 aliphatic rings. The lowest BCUT2D eigenvalue weighted by atomic mass is 10.1. The molecule has 0 unspecified atom stereocenters. The van der Waals surface area contributed by atoms with Gasteiger partial charge in [-0.15, -0.1) is 6.42 Å². The summed E-state index contributed by atoms with van der Waals surface area (Å²) < 4.78 is 10.8. The quantitative estimate of drug-likeness (QED) is 0.440. The Morgan fingerprint density at radius 1 is 1.27 bits per heavy atom. The van der Waals surface area contributed by atoms with E-state index in [4.69, 9.17) is 27.5 Å². The molecule has 0 aromatic heterocycles. The van der Waals surface area contributed by atoms with Crippen LogP contribution in [-0.2, 0) is 11.2 Å². The minimum atomic E-state index is -0.237. The van der Waals surface area contributed by atoms with E-state index in [2.05, 4.69) is 16.4 Å². The van der Waals surface area contributed by atoms with Crippen LogP contribution in [-0.4, -0.2) is 25.3 Å². The predicted molar refractivity (Wildman–Crippen MR) is 103 cm³/mol. The number of nitrogens with one attached hydrogen (secondary N) is 1. The molecule has 0 aliphatic carbocycles. The van der Waals surface area contributed by atoms with Gasteiger partial charge in [-0.25, -0.2) is 5.43 Å². The molecule has 2 rings (SSSR count). The zero-order valence-corrected chi connectivity index (χ0v) is 15.1. The topological polar surface area (TPSA) is 59.9 Å². The van der Waals surface area contributed by atoms with E-state index in [-0.39, 0.29) is 18.9 Å². The fourth-order valence-electron chi connectivity index (χ4n) is 2.14. The highest BCUT2D eigenvalue weighted by atomic mass is 35.5. The van der Waals surface area contributed by atoms with Gasteiger partial charge in [0.2, 0.25) is 5.91 Å². The normalized spacial score (nSPS) is 10.3. The van der Waals surface area contributed by atoms with Crippen LogP contribution in [0.5, 0.6) is 11.5 Å². The highest BCUT2D eigenvalue weighted by Gasteiger charge is 2.05. The van der Waals surface area contributed by atoms with Gasteiger partial charge in [-0.1, -0.05) is 29.7 Å². The number of carbonyl (C=O) groups excluding carboxylic acids is 1. The molecule has 0 saturated heterocycles. The van der Waals surface area contributed by atoms with E-state index in [1.165, 1.54) is 6.21 Å². The maximum Gasteiger partial charge on any atom is 0.244 e. The minimum absolute atomic E-state index is 0.132. The standard InChI is InChI=1S/C20H19ClN2O3/c1-3-11-26-19-10-7-17(21)13-16(19)14-22-23-20(24)12-15-5-8-18(9-6-15)25-4-2/h1,5-10,13-14H,4,11-12H2,2H3,(H,23,24)/b22-14-. The maximum atomic E-state index is 12.0. The summed E-state index contributed by atoms with van der Waals surface area (Å²) >= 11 is 5.98. The highest BCUT2D eigenvalue weighted by molar-refractivity contribution is 6.30. The number of hydrogen-bond acceptors (Lipinski definition) is 4. The van der Waals surface area contributed by atoms with Crippen LogP contribution >= 0.6 is 11.6 Å². The monoisotopic (exact) mass is 370 g/mol. The molecule has 5 nitrogen and oxygen atoms in total. The van der Waals surface area contributed by atoms with Gasteiger partial charge >= 0.3 is 0 Å². The first-order valence-corrected chi connectivity index (χ1v) is 8.39. The molecule has 6 heteroatoms. The molecular formula is C20H19ClN2O3. The van der Waals surface area contributed by atoms with Crippen LogP contribution in [0.4, 0.5) is 0 Å². The van der Waals surface area contributed by atoms with Crippen molar-refractivity contribution >= 4 is 23.7 Å². The number of ether oxygens (including phenoxy) is 2. The third kappa shape index (κ3) is 6.15. The minimum Gasteiger partial charge on any atom is -0.494 e. The van der Waals surface area contributed by atoms with Gasteiger partial charge in [0.25, 0.3) is 0 Å². The van der Waals surface area contributed by atoms with Crippen molar-refractivity contribution in [3.63, 3.8) is 0 Å². The number of benzene rings is 2. The van der Waals surface area contributed by atoms with Crippen molar-refractivity contribution in [1.82, 2.24) is 5.43 Å². The second-order valence-electron chi connectivity index (χ2n) is 5.22. The summed E-state index contributed by atoms with van der Waals surface area (Å²) in [5, 5.41) is 4.48. The zero-order valence-electron chi connectivity index (χ0n) is 14.4. The first-order valence-electron chi connectivity index (χ1n) is 8.02. The van der Waals surface area contributed by atoms with E-state index < -0.39 is 0 Å². The van der Waals surface area contributed by atoms with Crippen molar-refractivity contribution in [2.24, 2.45) is 5.10 Å². The maximum absolute atomic E-state index is 12.0. The molecule has 26 heavy (non-hydrogen) atoms. The number of carbonyl (C=O) groups is 1. The van der Waals surface area contributed by atoms with Crippen LogP contribution in [0, 0.1) is 12.3 Å². The molecule has 0 spiro atoms. The number of nitrogens with zero attached hydrogens (tertiary/aromatic N) is 1. The summed E-state index contributed by atoms with van der Waals surface area (Å²) in [4.78, 5) is 12.0. The zero-order chi connectivity index (χ0) is 18.8. The van der Waals surface area contributed by atoms with Crippen molar-refractivity contribution in [2.45, 2.75) is 13.3 Å². The Morgan fingerprint density at radius 3 is 2.73 bits per heavy atom. The number of terminal acetylenes is 1. The Morgan fingerprint density at radius 2 is 2.04 bits per heavy atom. The van der Waals surface area contributed by atoms with Gasteiger partial charge in [0.1, 0.15) is 18.1 Å². The summed E-state index contributed by atoms with van der Waals surface area (Å²) in [5.41, 5.74) is 3.96. The fraction of sp³-hybridized carbons (Fsp3) is 0.200. The third-order valence-corrected chi connectivity index (χ3v) is 3.51. The van der Waals surface area contributed by atoms with Crippen LogP contribution < -0.4 is 14.9 Å². The number of amides is 1. The molecule has 2 aromatic rings. The average Bonchev–Trinajstić information content (AvgIpc) is 2.63. The molecular weight excluding hydrogens is 352 g/mol. The third-order valence-electron chi connectivity index (χ3n) is 3.27. The van der Waals surface area contributed by atoms with Crippen LogP contribution in [0.1, 0.15) is 18.1 Å². The van der Waals surface area contributed by atoms with E-state index in [1.807, 2.05) is 31.2 Å². The predicted octanol–water partition coefficient (Wildman–Crippen LogP) is 3.44. The molecule has 0 atom stereocenters. The van der Waals surface area contributed by atoms with Crippen molar-refractivity contribution in [2.75, 3.05) is 13.2 Å². The Bertz CT molecular complexity index is 811. The Kier molecular flexibility index (Phi) is 7.53. The Labute approximate surface area is 158 Å². The number of hydrazone groups is 1. The van der Waals surface area contributed by atoms with Gasteiger partial charge < -0.3 is 9.47 Å². The van der Waals surface area contributed by atoms with Crippen LogP contribution in [0.2, 0.25) is 5.02 Å². The van der Waals surface area contributed by atoms with Crippen molar-refractivity contribution in [3.05, 3.63) is 58.6 Å². The van der Waals surface area contributed by atoms with Crippen LogP contribution in [0.25, 0.3) is 0 Å². The van der Waals surface area contributed by atoms with E-state index in [9.17, 15) is 4.79 Å². The second-order valence-corrected chi connectivity index (χ2v) is 5.66. The van der Waals surface area contributed by atoms with E-state index in [0.29, 0.717) is 22.9 Å². The molecule has 0 aliphatic heterocycles. The number of rotatable bonds is 8. The Balaban J connectivity index is 1.94. The largest absolute Gasteiger partial charge is 0.494 e. The first-order chi connectivity index (χ1) is 12.6. The first kappa shape index (κ1) is 19.4. The van der Waals surface area contributed by atoms with Crippen molar-refractivity contribution in [3.8, 4) is 23.8 Å². The smallest absolute Gasteiger partial charge is 0.244 e. The number of hydrogen-bond donors (Lipinski definition) is 1. The fourth-order valence-corrected chi connectivity index (χ4v) is 2.32. The molecule has 0 fully saturated rings. The molecule has 2 aromatic carbocycles. The molecule has 1 N–H and O–H groups in total.